The second-order valence-electron chi connectivity index (χ2n) is 3.22. The molecule has 0 aliphatic heterocycles. The largest absolute Gasteiger partial charge is 0.319 e. The number of aryl methyl sites for hydroxylation is 1. The van der Waals surface area contributed by atoms with Crippen LogP contribution in [0.3, 0.4) is 0 Å². The molecule has 0 bridgehead atoms. The van der Waals surface area contributed by atoms with Crippen molar-refractivity contribution in [1.29, 1.82) is 0 Å². The minimum absolute atomic E-state index is 0.0609. The Morgan fingerprint density at radius 1 is 1.33 bits per heavy atom. The second kappa shape index (κ2) is 3.87. The SMILES string of the molecule is Cn1ccc(-c2cc(Cl)ccn2)cc1=O. The van der Waals surface area contributed by atoms with Crippen LogP contribution in [0.4, 0.5) is 0 Å². The molecule has 76 valence electrons. The summed E-state index contributed by atoms with van der Waals surface area (Å²) in [5.41, 5.74) is 1.43. The van der Waals surface area contributed by atoms with Gasteiger partial charge in [0.2, 0.25) is 0 Å². The van der Waals surface area contributed by atoms with Gasteiger partial charge in [0, 0.05) is 36.1 Å². The van der Waals surface area contributed by atoms with Crippen molar-refractivity contribution in [2.45, 2.75) is 0 Å². The molecular formula is C11H9ClN2O. The van der Waals surface area contributed by atoms with Crippen LogP contribution in [0.1, 0.15) is 0 Å². The van der Waals surface area contributed by atoms with Crippen LogP contribution < -0.4 is 5.56 Å². The van der Waals surface area contributed by atoms with Gasteiger partial charge in [0.1, 0.15) is 0 Å². The van der Waals surface area contributed by atoms with E-state index in [1.165, 1.54) is 4.57 Å². The summed E-state index contributed by atoms with van der Waals surface area (Å²) in [6, 6.07) is 6.81. The molecule has 0 spiro atoms. The zero-order chi connectivity index (χ0) is 10.8. The number of nitrogens with zero attached hydrogens (tertiary/aromatic N) is 2. The Hall–Kier alpha value is -1.61. The summed E-state index contributed by atoms with van der Waals surface area (Å²) in [6.07, 6.45) is 3.33. The first-order valence-corrected chi connectivity index (χ1v) is 4.83. The lowest BCUT2D eigenvalue weighted by Crippen LogP contribution is -2.14. The van der Waals surface area contributed by atoms with Crippen molar-refractivity contribution in [2.24, 2.45) is 7.05 Å². The van der Waals surface area contributed by atoms with Crippen LogP contribution in [0.5, 0.6) is 0 Å². The van der Waals surface area contributed by atoms with Crippen LogP contribution in [0.15, 0.2) is 41.5 Å². The summed E-state index contributed by atoms with van der Waals surface area (Å²) in [5, 5.41) is 0.612. The number of hydrogen-bond donors (Lipinski definition) is 0. The maximum atomic E-state index is 11.4. The van der Waals surface area contributed by atoms with E-state index in [2.05, 4.69) is 4.98 Å². The first kappa shape index (κ1) is 9.93. The van der Waals surface area contributed by atoms with Crippen LogP contribution in [0.25, 0.3) is 11.3 Å². The van der Waals surface area contributed by atoms with Gasteiger partial charge >= 0.3 is 0 Å². The number of pyridine rings is 2. The van der Waals surface area contributed by atoms with Crippen molar-refractivity contribution in [2.75, 3.05) is 0 Å². The quantitative estimate of drug-likeness (QED) is 0.738. The average molecular weight is 221 g/mol. The number of halogens is 1. The van der Waals surface area contributed by atoms with Crippen molar-refractivity contribution in [3.05, 3.63) is 52.0 Å². The molecule has 0 saturated heterocycles. The third-order valence-corrected chi connectivity index (χ3v) is 2.36. The Bertz CT molecular complexity index is 548. The van der Waals surface area contributed by atoms with E-state index in [1.54, 1.807) is 37.6 Å². The summed E-state index contributed by atoms with van der Waals surface area (Å²) >= 11 is 5.84. The molecule has 2 rings (SSSR count). The van der Waals surface area contributed by atoms with Crippen LogP contribution in [0, 0.1) is 0 Å². The fourth-order valence-corrected chi connectivity index (χ4v) is 1.43. The molecule has 2 aromatic heterocycles. The highest BCUT2D eigenvalue weighted by Gasteiger charge is 2.01. The van der Waals surface area contributed by atoms with E-state index >= 15 is 0 Å². The van der Waals surface area contributed by atoms with Crippen LogP contribution >= 0.6 is 11.6 Å². The summed E-state index contributed by atoms with van der Waals surface area (Å²) < 4.78 is 1.51. The predicted molar refractivity (Wildman–Crippen MR) is 59.9 cm³/mol. The summed E-state index contributed by atoms with van der Waals surface area (Å²) in [4.78, 5) is 15.5. The van der Waals surface area contributed by atoms with E-state index in [0.29, 0.717) is 10.7 Å². The molecule has 0 amide bonds. The van der Waals surface area contributed by atoms with Crippen LogP contribution in [-0.2, 0) is 7.05 Å². The van der Waals surface area contributed by atoms with Gasteiger partial charge in [0.25, 0.3) is 5.56 Å². The fourth-order valence-electron chi connectivity index (χ4n) is 1.27. The Morgan fingerprint density at radius 2 is 2.13 bits per heavy atom. The number of rotatable bonds is 1. The van der Waals surface area contributed by atoms with Gasteiger partial charge in [0.05, 0.1) is 5.69 Å². The minimum Gasteiger partial charge on any atom is -0.319 e. The Labute approximate surface area is 92.0 Å². The highest BCUT2D eigenvalue weighted by atomic mass is 35.5. The molecule has 2 heterocycles. The molecule has 15 heavy (non-hydrogen) atoms. The maximum Gasteiger partial charge on any atom is 0.250 e. The first-order chi connectivity index (χ1) is 7.16. The number of aromatic nitrogens is 2. The van der Waals surface area contributed by atoms with Gasteiger partial charge in [-0.3, -0.25) is 9.78 Å². The highest BCUT2D eigenvalue weighted by Crippen LogP contribution is 2.18. The van der Waals surface area contributed by atoms with Crippen molar-refractivity contribution in [3.8, 4) is 11.3 Å². The fraction of sp³-hybridized carbons (Fsp3) is 0.0909. The van der Waals surface area contributed by atoms with E-state index in [4.69, 9.17) is 11.6 Å². The molecule has 0 N–H and O–H groups in total. The Kier molecular flexibility index (Phi) is 2.56. The van der Waals surface area contributed by atoms with Gasteiger partial charge < -0.3 is 4.57 Å². The monoisotopic (exact) mass is 220 g/mol. The van der Waals surface area contributed by atoms with Gasteiger partial charge in [-0.25, -0.2) is 0 Å². The Morgan fingerprint density at radius 3 is 2.80 bits per heavy atom. The third kappa shape index (κ3) is 2.07. The highest BCUT2D eigenvalue weighted by molar-refractivity contribution is 6.30. The molecule has 0 aliphatic rings. The van der Waals surface area contributed by atoms with E-state index in [-0.39, 0.29) is 5.56 Å². The first-order valence-electron chi connectivity index (χ1n) is 4.45. The smallest absolute Gasteiger partial charge is 0.250 e. The molecule has 0 atom stereocenters. The molecule has 2 aromatic rings. The van der Waals surface area contributed by atoms with Crippen LogP contribution in [0.2, 0.25) is 5.02 Å². The van der Waals surface area contributed by atoms with Gasteiger partial charge in [0.15, 0.2) is 0 Å². The topological polar surface area (TPSA) is 34.9 Å². The maximum absolute atomic E-state index is 11.4. The van der Waals surface area contributed by atoms with Gasteiger partial charge in [-0.2, -0.15) is 0 Å². The van der Waals surface area contributed by atoms with E-state index in [9.17, 15) is 4.79 Å². The van der Waals surface area contributed by atoms with E-state index < -0.39 is 0 Å². The molecule has 4 heteroatoms. The third-order valence-electron chi connectivity index (χ3n) is 2.12. The van der Waals surface area contributed by atoms with Gasteiger partial charge in [-0.05, 0) is 18.2 Å². The second-order valence-corrected chi connectivity index (χ2v) is 3.66. The minimum atomic E-state index is -0.0609. The zero-order valence-electron chi connectivity index (χ0n) is 8.14. The standard InChI is InChI=1S/C11H9ClN2O/c1-14-5-3-8(6-11(14)15)10-7-9(12)2-4-13-10/h2-7H,1H3. The molecule has 0 radical (unpaired) electrons. The average Bonchev–Trinajstić information content (AvgIpc) is 2.22. The summed E-state index contributed by atoms with van der Waals surface area (Å²) in [5.74, 6) is 0. The predicted octanol–water partition coefficient (Wildman–Crippen LogP) is 2.10. The Balaban J connectivity index is 2.55. The molecule has 3 nitrogen and oxygen atoms in total. The van der Waals surface area contributed by atoms with Crippen molar-refractivity contribution in [3.63, 3.8) is 0 Å². The zero-order valence-corrected chi connectivity index (χ0v) is 8.90. The lowest BCUT2D eigenvalue weighted by atomic mass is 10.2. The lowest BCUT2D eigenvalue weighted by molar-refractivity contribution is 0.861. The van der Waals surface area contributed by atoms with Gasteiger partial charge in [-0.15, -0.1) is 0 Å². The summed E-state index contributed by atoms with van der Waals surface area (Å²) in [7, 11) is 1.71. The number of hydrogen-bond acceptors (Lipinski definition) is 2. The van der Waals surface area contributed by atoms with Crippen molar-refractivity contribution >= 4 is 11.6 Å². The van der Waals surface area contributed by atoms with Crippen LogP contribution in [-0.4, -0.2) is 9.55 Å². The summed E-state index contributed by atoms with van der Waals surface area (Å²) in [6.45, 7) is 0. The lowest BCUT2D eigenvalue weighted by Gasteiger charge is -2.01. The normalized spacial score (nSPS) is 10.3. The molecule has 0 saturated carbocycles. The van der Waals surface area contributed by atoms with Gasteiger partial charge in [-0.1, -0.05) is 11.6 Å². The molecule has 0 unspecified atom stereocenters. The van der Waals surface area contributed by atoms with Crippen molar-refractivity contribution < 1.29 is 0 Å². The van der Waals surface area contributed by atoms with E-state index in [1.807, 2.05) is 6.07 Å². The molecule has 0 aromatic carbocycles. The molecule has 0 fully saturated rings. The molecule has 0 aliphatic carbocycles. The van der Waals surface area contributed by atoms with E-state index in [0.717, 1.165) is 5.56 Å². The van der Waals surface area contributed by atoms with Crippen molar-refractivity contribution in [1.82, 2.24) is 9.55 Å². The molecular weight excluding hydrogens is 212 g/mol.